The van der Waals surface area contributed by atoms with Crippen LogP contribution in [-0.2, 0) is 27.6 Å². The lowest BCUT2D eigenvalue weighted by Crippen LogP contribution is -2.30. The molecule has 3 aromatic carbocycles. The second-order valence-electron chi connectivity index (χ2n) is 10.4. The number of aromatic nitrogens is 1. The molecular formula is C33H27Cl3N4O6. The van der Waals surface area contributed by atoms with E-state index < -0.39 is 11.9 Å². The molecule has 1 aromatic heterocycles. The lowest BCUT2D eigenvalue weighted by molar-refractivity contribution is -0.139. The van der Waals surface area contributed by atoms with Crippen molar-refractivity contribution in [3.05, 3.63) is 103 Å². The number of nitrogens with zero attached hydrogens (tertiary/aromatic N) is 3. The van der Waals surface area contributed by atoms with Crippen LogP contribution in [-0.4, -0.2) is 36.4 Å². The number of hydrogen-bond acceptors (Lipinski definition) is 9. The Balaban J connectivity index is 1.26. The van der Waals surface area contributed by atoms with E-state index in [1.165, 1.54) is 25.3 Å². The summed E-state index contributed by atoms with van der Waals surface area (Å²) in [4.78, 5) is 29.3. The monoisotopic (exact) mass is 680 g/mol. The number of nitriles is 1. The van der Waals surface area contributed by atoms with Gasteiger partial charge in [0.2, 0.25) is 0 Å². The van der Waals surface area contributed by atoms with Crippen molar-refractivity contribution in [3.63, 3.8) is 0 Å². The number of oxime groups is 1. The Bertz CT molecular complexity index is 1840. The Morgan fingerprint density at radius 1 is 1.07 bits per heavy atom. The SMILES string of the molecule is COC(=O)CNC(=O)c1ccc(C#N)c(CON=C(C)c2ccc(OCc3c(-c4c(Cl)cccc4Cl)noc3C3CC3)cc2Cl)c1. The maximum atomic E-state index is 12.4. The number of hydrogen-bond donors (Lipinski definition) is 1. The molecule has 46 heavy (non-hydrogen) atoms. The molecule has 1 aliphatic carbocycles. The summed E-state index contributed by atoms with van der Waals surface area (Å²) in [6.07, 6.45) is 2.02. The highest BCUT2D eigenvalue weighted by Crippen LogP contribution is 2.46. The Labute approximate surface area is 279 Å². The van der Waals surface area contributed by atoms with Gasteiger partial charge in [-0.1, -0.05) is 51.2 Å². The summed E-state index contributed by atoms with van der Waals surface area (Å²) in [6.45, 7) is 1.52. The van der Waals surface area contributed by atoms with Gasteiger partial charge in [0.25, 0.3) is 5.91 Å². The predicted octanol–water partition coefficient (Wildman–Crippen LogP) is 7.47. The van der Waals surface area contributed by atoms with E-state index in [0.29, 0.717) is 54.5 Å². The highest BCUT2D eigenvalue weighted by molar-refractivity contribution is 6.39. The maximum absolute atomic E-state index is 12.4. The quantitative estimate of drug-likeness (QED) is 0.0924. The van der Waals surface area contributed by atoms with Crippen LogP contribution in [0.4, 0.5) is 0 Å². The number of amides is 1. The summed E-state index contributed by atoms with van der Waals surface area (Å²) in [5.41, 5.74) is 4.02. The summed E-state index contributed by atoms with van der Waals surface area (Å²) in [5.74, 6) is 0.478. The minimum atomic E-state index is -0.584. The van der Waals surface area contributed by atoms with E-state index in [9.17, 15) is 14.9 Å². The molecule has 0 bridgehead atoms. The van der Waals surface area contributed by atoms with E-state index in [-0.39, 0.29) is 31.2 Å². The molecule has 0 aliphatic heterocycles. The molecule has 5 rings (SSSR count). The highest BCUT2D eigenvalue weighted by atomic mass is 35.5. The topological polar surface area (TPSA) is 136 Å². The van der Waals surface area contributed by atoms with Gasteiger partial charge in [0.1, 0.15) is 37.0 Å². The zero-order valence-electron chi connectivity index (χ0n) is 24.7. The van der Waals surface area contributed by atoms with E-state index in [1.54, 1.807) is 43.3 Å². The molecule has 0 spiro atoms. The lowest BCUT2D eigenvalue weighted by atomic mass is 10.0. The number of halogens is 3. The highest BCUT2D eigenvalue weighted by Gasteiger charge is 2.33. The van der Waals surface area contributed by atoms with Crippen molar-refractivity contribution in [2.75, 3.05) is 13.7 Å². The molecule has 0 saturated heterocycles. The van der Waals surface area contributed by atoms with Crippen molar-refractivity contribution in [2.45, 2.75) is 38.9 Å². The number of nitrogens with one attached hydrogen (secondary N) is 1. The third-order valence-corrected chi connectivity index (χ3v) is 8.15. The van der Waals surface area contributed by atoms with Gasteiger partial charge in [0.05, 0.1) is 45.1 Å². The number of esters is 1. The van der Waals surface area contributed by atoms with Crippen molar-refractivity contribution < 1.29 is 28.4 Å². The first-order chi connectivity index (χ1) is 22.2. The number of ether oxygens (including phenoxy) is 2. The summed E-state index contributed by atoms with van der Waals surface area (Å²) in [7, 11) is 1.23. The predicted molar refractivity (Wildman–Crippen MR) is 172 cm³/mol. The molecule has 0 radical (unpaired) electrons. The normalized spacial score (nSPS) is 12.7. The zero-order valence-corrected chi connectivity index (χ0v) is 27.0. The largest absolute Gasteiger partial charge is 0.489 e. The van der Waals surface area contributed by atoms with Crippen molar-refractivity contribution >= 4 is 52.4 Å². The number of benzene rings is 3. The van der Waals surface area contributed by atoms with Crippen LogP contribution in [0.1, 0.15) is 64.1 Å². The van der Waals surface area contributed by atoms with Crippen molar-refractivity contribution in [1.82, 2.24) is 10.5 Å². The molecule has 0 atom stereocenters. The third-order valence-electron chi connectivity index (χ3n) is 7.21. The van der Waals surface area contributed by atoms with Crippen LogP contribution in [0, 0.1) is 11.3 Å². The molecule has 0 unspecified atom stereocenters. The smallest absolute Gasteiger partial charge is 0.325 e. The molecule has 1 amide bonds. The van der Waals surface area contributed by atoms with Crippen LogP contribution in [0.2, 0.25) is 15.1 Å². The van der Waals surface area contributed by atoms with E-state index in [1.807, 2.05) is 0 Å². The second kappa shape index (κ2) is 14.7. The van der Waals surface area contributed by atoms with Crippen LogP contribution in [0.15, 0.2) is 64.3 Å². The molecule has 1 fully saturated rings. The van der Waals surface area contributed by atoms with E-state index in [0.717, 1.165) is 24.2 Å². The first kappa shape index (κ1) is 32.8. The second-order valence-corrected chi connectivity index (χ2v) is 11.6. The summed E-state index contributed by atoms with van der Waals surface area (Å²) in [6, 6.07) is 17.0. The van der Waals surface area contributed by atoms with Crippen LogP contribution < -0.4 is 10.1 Å². The Morgan fingerprint density at radius 2 is 1.83 bits per heavy atom. The minimum Gasteiger partial charge on any atom is -0.489 e. The zero-order chi connectivity index (χ0) is 32.8. The van der Waals surface area contributed by atoms with Crippen molar-refractivity contribution in [1.29, 1.82) is 5.26 Å². The molecule has 1 heterocycles. The Morgan fingerprint density at radius 3 is 2.50 bits per heavy atom. The third kappa shape index (κ3) is 7.62. The Hall–Kier alpha value is -4.56. The van der Waals surface area contributed by atoms with E-state index >= 15 is 0 Å². The number of methoxy groups -OCH3 is 1. The van der Waals surface area contributed by atoms with Gasteiger partial charge >= 0.3 is 5.97 Å². The number of rotatable bonds is 12. The van der Waals surface area contributed by atoms with E-state index in [4.69, 9.17) is 48.9 Å². The number of carbonyl (C=O) groups is 2. The fourth-order valence-corrected chi connectivity index (χ4v) is 5.50. The van der Waals surface area contributed by atoms with Gasteiger partial charge in [-0.15, -0.1) is 0 Å². The molecule has 1 aliphatic rings. The van der Waals surface area contributed by atoms with Crippen molar-refractivity contribution in [2.24, 2.45) is 5.16 Å². The Kier molecular flexibility index (Phi) is 10.5. The standard InChI is InChI=1S/C33H27Cl3N4O6/c1-18(39-45-16-22-12-20(8-9-21(22)14-37)33(42)38-15-29(41)43-2)24-11-10-23(13-28(24)36)44-17-25-31(40-46-32(25)19-6-7-19)30-26(34)4-3-5-27(30)35/h3-5,8-13,19H,6-7,15-17H2,1-2H3,(H,38,42). The van der Waals surface area contributed by atoms with Crippen LogP contribution >= 0.6 is 34.8 Å². The molecular weight excluding hydrogens is 655 g/mol. The summed E-state index contributed by atoms with van der Waals surface area (Å²) < 4.78 is 16.4. The molecule has 10 nitrogen and oxygen atoms in total. The molecule has 236 valence electrons. The van der Waals surface area contributed by atoms with Gasteiger partial charge in [-0.2, -0.15) is 5.26 Å². The van der Waals surface area contributed by atoms with Crippen LogP contribution in [0.25, 0.3) is 11.3 Å². The van der Waals surface area contributed by atoms with Crippen molar-refractivity contribution in [3.8, 4) is 23.1 Å². The van der Waals surface area contributed by atoms with Crippen LogP contribution in [0.3, 0.4) is 0 Å². The van der Waals surface area contributed by atoms with E-state index in [2.05, 4.69) is 26.4 Å². The summed E-state index contributed by atoms with van der Waals surface area (Å²) in [5, 5.41) is 21.7. The summed E-state index contributed by atoms with van der Waals surface area (Å²) >= 11 is 19.5. The minimum absolute atomic E-state index is 0.0863. The molecule has 1 saturated carbocycles. The van der Waals surface area contributed by atoms with Gasteiger partial charge in [-0.05, 0) is 68.3 Å². The molecule has 13 heteroatoms. The first-order valence-corrected chi connectivity index (χ1v) is 15.2. The average Bonchev–Trinajstić information content (AvgIpc) is 3.81. The van der Waals surface area contributed by atoms with Gasteiger partial charge in [0.15, 0.2) is 0 Å². The van der Waals surface area contributed by atoms with Gasteiger partial charge < -0.3 is 24.2 Å². The lowest BCUT2D eigenvalue weighted by Gasteiger charge is -2.11. The fraction of sp³-hybridized carbons (Fsp3) is 0.242. The molecule has 4 aromatic rings. The van der Waals surface area contributed by atoms with Crippen LogP contribution in [0.5, 0.6) is 5.75 Å². The molecule has 1 N–H and O–H groups in total. The average molecular weight is 682 g/mol. The maximum Gasteiger partial charge on any atom is 0.325 e. The fourth-order valence-electron chi connectivity index (χ4n) is 4.62. The van der Waals surface area contributed by atoms with Gasteiger partial charge in [-0.3, -0.25) is 9.59 Å². The van der Waals surface area contributed by atoms with Gasteiger partial charge in [-0.25, -0.2) is 0 Å². The number of carbonyl (C=O) groups excluding carboxylic acids is 2. The van der Waals surface area contributed by atoms with Gasteiger partial charge in [0, 0.05) is 28.2 Å². The first-order valence-electron chi connectivity index (χ1n) is 14.1.